The molecule has 4 rings (SSSR count). The first-order valence-electron chi connectivity index (χ1n) is 14.3. The van der Waals surface area contributed by atoms with Gasteiger partial charge in [0.05, 0.1) is 12.2 Å². The second-order valence-electron chi connectivity index (χ2n) is 13.6. The number of hydrogen-bond acceptors (Lipinski definition) is 5. The lowest BCUT2D eigenvalue weighted by atomic mass is 9.36. The van der Waals surface area contributed by atoms with Gasteiger partial charge in [-0.1, -0.05) is 39.3 Å². The van der Waals surface area contributed by atoms with Gasteiger partial charge < -0.3 is 20.1 Å². The minimum Gasteiger partial charge on any atom is -0.478 e. The second-order valence-corrected chi connectivity index (χ2v) is 13.6. The van der Waals surface area contributed by atoms with Crippen molar-refractivity contribution in [2.24, 2.45) is 39.9 Å². The van der Waals surface area contributed by atoms with Crippen molar-refractivity contribution >= 4 is 11.9 Å². The molecule has 0 bridgehead atoms. The molecule has 0 spiro atoms. The molecule has 0 aromatic rings. The van der Waals surface area contributed by atoms with Crippen molar-refractivity contribution in [1.29, 1.82) is 0 Å². The number of allylic oxidation sites excluding steroid dienone is 2. The molecule has 0 aliphatic heterocycles. The smallest absolute Gasteiger partial charge is 0.331 e. The van der Waals surface area contributed by atoms with Crippen molar-refractivity contribution in [1.82, 2.24) is 0 Å². The molecule has 0 saturated heterocycles. The quantitative estimate of drug-likeness (QED) is 0.247. The first-order chi connectivity index (χ1) is 17.2. The molecule has 3 N–H and O–H groups in total. The highest BCUT2D eigenvalue weighted by atomic mass is 16.5. The maximum absolute atomic E-state index is 12.6. The predicted octanol–water partition coefficient (Wildman–Crippen LogP) is 5.67. The first kappa shape index (κ1) is 28.4. The Balaban J connectivity index is 1.82. The lowest BCUT2D eigenvalue weighted by molar-refractivity contribution is -0.234. The summed E-state index contributed by atoms with van der Waals surface area (Å²) in [4.78, 5) is 24.8. The van der Waals surface area contributed by atoms with Gasteiger partial charge in [-0.2, -0.15) is 0 Å². The van der Waals surface area contributed by atoms with E-state index in [1.807, 2.05) is 19.9 Å². The van der Waals surface area contributed by atoms with Crippen molar-refractivity contribution < 1.29 is 29.6 Å². The Morgan fingerprint density at radius 2 is 1.70 bits per heavy atom. The highest BCUT2D eigenvalue weighted by Gasteiger charge is 2.70. The average molecular weight is 517 g/mol. The van der Waals surface area contributed by atoms with Crippen LogP contribution in [0.2, 0.25) is 0 Å². The topological polar surface area (TPSA) is 104 Å². The van der Waals surface area contributed by atoms with Crippen LogP contribution in [0.1, 0.15) is 99.8 Å². The minimum absolute atomic E-state index is 0.0474. The number of hydrogen-bond donors (Lipinski definition) is 3. The molecular formula is C31H48O6. The Morgan fingerprint density at radius 1 is 1.03 bits per heavy atom. The van der Waals surface area contributed by atoms with E-state index in [0.717, 1.165) is 36.8 Å². The largest absolute Gasteiger partial charge is 0.478 e. The molecule has 10 atom stereocenters. The van der Waals surface area contributed by atoms with Gasteiger partial charge in [-0.15, -0.1) is 0 Å². The number of carbonyl (C=O) groups is 2. The molecule has 4 fully saturated rings. The molecule has 4 saturated carbocycles. The van der Waals surface area contributed by atoms with Crippen LogP contribution >= 0.6 is 0 Å². The summed E-state index contributed by atoms with van der Waals surface area (Å²) in [5.74, 6) is -0.909. The zero-order valence-corrected chi connectivity index (χ0v) is 23.8. The minimum atomic E-state index is -0.953. The number of ether oxygens (including phenoxy) is 1. The van der Waals surface area contributed by atoms with Crippen LogP contribution in [0.3, 0.4) is 0 Å². The molecule has 6 heteroatoms. The van der Waals surface area contributed by atoms with Crippen LogP contribution in [-0.4, -0.2) is 45.6 Å². The van der Waals surface area contributed by atoms with E-state index in [1.54, 1.807) is 0 Å². The Hall–Kier alpha value is -1.66. The maximum atomic E-state index is 12.6. The number of aliphatic hydroxyl groups excluding tert-OH is 2. The molecule has 0 aromatic carbocycles. The fourth-order valence-corrected chi connectivity index (χ4v) is 9.79. The molecule has 1 unspecified atom stereocenters. The summed E-state index contributed by atoms with van der Waals surface area (Å²) in [6, 6.07) is 0. The Morgan fingerprint density at radius 3 is 2.30 bits per heavy atom. The third-order valence-corrected chi connectivity index (χ3v) is 11.6. The predicted molar refractivity (Wildman–Crippen MR) is 143 cm³/mol. The summed E-state index contributed by atoms with van der Waals surface area (Å²) >= 11 is 0. The molecule has 0 aromatic heterocycles. The first-order valence-corrected chi connectivity index (χ1v) is 14.3. The standard InChI is InChI=1S/C31H48O6/c1-17(2)9-8-10-20(28(35)36)26-22-15-24(34)27-29(5)13-12-23(33)18(3)21(29)11-14-30(27,6)31(22,7)16-25(26)37-19(4)32/h9,18,21-25,27,33-34H,8,10-16H2,1-7H3,(H,35,36)/t18-,21?,22+,23+,24+,25-,27-,29-,30-,31-/m0/s1. The van der Waals surface area contributed by atoms with Gasteiger partial charge in [0, 0.05) is 12.5 Å². The van der Waals surface area contributed by atoms with Crippen molar-refractivity contribution in [2.75, 3.05) is 0 Å². The lowest BCUT2D eigenvalue weighted by Gasteiger charge is -2.69. The summed E-state index contributed by atoms with van der Waals surface area (Å²) in [6.07, 6.45) is 6.22. The lowest BCUT2D eigenvalue weighted by Crippen LogP contribution is -2.65. The maximum Gasteiger partial charge on any atom is 0.331 e. The van der Waals surface area contributed by atoms with Gasteiger partial charge in [-0.25, -0.2) is 4.79 Å². The number of aliphatic hydroxyl groups is 2. The van der Waals surface area contributed by atoms with E-state index in [0.29, 0.717) is 37.2 Å². The van der Waals surface area contributed by atoms with Crippen LogP contribution in [0.5, 0.6) is 0 Å². The van der Waals surface area contributed by atoms with Gasteiger partial charge in [0.1, 0.15) is 6.10 Å². The molecule has 6 nitrogen and oxygen atoms in total. The second kappa shape index (κ2) is 9.82. The van der Waals surface area contributed by atoms with Crippen molar-refractivity contribution in [3.63, 3.8) is 0 Å². The Labute approximate surface area is 222 Å². The molecule has 4 aliphatic rings. The number of carboxylic acid groups (broad SMARTS) is 1. The molecule has 0 heterocycles. The number of aliphatic carboxylic acids is 1. The fraction of sp³-hybridized carbons (Fsp3) is 0.806. The summed E-state index contributed by atoms with van der Waals surface area (Å²) < 4.78 is 5.87. The number of esters is 1. The summed E-state index contributed by atoms with van der Waals surface area (Å²) in [7, 11) is 0. The monoisotopic (exact) mass is 516 g/mol. The highest BCUT2D eigenvalue weighted by Crippen LogP contribution is 2.74. The van der Waals surface area contributed by atoms with Gasteiger partial charge >= 0.3 is 11.9 Å². The normalized spacial score (nSPS) is 46.2. The van der Waals surface area contributed by atoms with Crippen LogP contribution in [-0.2, 0) is 14.3 Å². The molecule has 0 amide bonds. The van der Waals surface area contributed by atoms with Crippen LogP contribution in [0.25, 0.3) is 0 Å². The zero-order valence-electron chi connectivity index (χ0n) is 23.8. The van der Waals surface area contributed by atoms with E-state index in [9.17, 15) is 24.9 Å². The van der Waals surface area contributed by atoms with Gasteiger partial charge in [-0.05, 0) is 111 Å². The van der Waals surface area contributed by atoms with Crippen molar-refractivity contribution in [3.05, 3.63) is 22.8 Å². The van der Waals surface area contributed by atoms with Crippen LogP contribution < -0.4 is 0 Å². The van der Waals surface area contributed by atoms with E-state index < -0.39 is 24.1 Å². The van der Waals surface area contributed by atoms with E-state index in [1.165, 1.54) is 6.92 Å². The third kappa shape index (κ3) is 4.40. The molecule has 0 radical (unpaired) electrons. The van der Waals surface area contributed by atoms with Gasteiger partial charge in [0.2, 0.25) is 0 Å². The van der Waals surface area contributed by atoms with Gasteiger partial charge in [0.25, 0.3) is 0 Å². The SMILES string of the molecule is CC(=O)O[C@H]1C[C@@]2(C)[C@H](C[C@@H](O)[C@H]3[C@@]4(C)CC[C@@H](O)[C@@H](C)C4CC[C@@]32C)C1=C(CCC=C(C)C)C(=O)O. The van der Waals surface area contributed by atoms with Crippen molar-refractivity contribution in [2.45, 2.75) is 118 Å². The van der Waals surface area contributed by atoms with Gasteiger partial charge in [0.15, 0.2) is 0 Å². The van der Waals surface area contributed by atoms with Crippen molar-refractivity contribution in [3.8, 4) is 0 Å². The van der Waals surface area contributed by atoms with E-state index >= 15 is 0 Å². The van der Waals surface area contributed by atoms with E-state index in [-0.39, 0.29) is 40.1 Å². The fourth-order valence-electron chi connectivity index (χ4n) is 9.79. The number of carbonyl (C=O) groups excluding carboxylic acids is 1. The number of rotatable bonds is 5. The molecule has 4 aliphatic carbocycles. The Bertz CT molecular complexity index is 994. The highest BCUT2D eigenvalue weighted by molar-refractivity contribution is 5.88. The van der Waals surface area contributed by atoms with Crippen LogP contribution in [0, 0.1) is 39.9 Å². The Kier molecular flexibility index (Phi) is 7.53. The third-order valence-electron chi connectivity index (χ3n) is 11.6. The number of fused-ring (bicyclic) bond motifs is 5. The van der Waals surface area contributed by atoms with Crippen LogP contribution in [0.15, 0.2) is 22.8 Å². The molecule has 37 heavy (non-hydrogen) atoms. The summed E-state index contributed by atoms with van der Waals surface area (Å²) in [5.41, 5.74) is 1.57. The average Bonchev–Trinajstić information content (AvgIpc) is 3.05. The van der Waals surface area contributed by atoms with E-state index in [2.05, 4.69) is 27.7 Å². The van der Waals surface area contributed by atoms with Gasteiger partial charge in [-0.3, -0.25) is 4.79 Å². The molecular weight excluding hydrogens is 468 g/mol. The summed E-state index contributed by atoms with van der Waals surface area (Å²) in [6.45, 7) is 14.5. The summed E-state index contributed by atoms with van der Waals surface area (Å²) in [5, 5.41) is 32.9. The zero-order chi connectivity index (χ0) is 27.5. The van der Waals surface area contributed by atoms with Crippen LogP contribution in [0.4, 0.5) is 0 Å². The van der Waals surface area contributed by atoms with E-state index in [4.69, 9.17) is 4.74 Å². The number of carboxylic acids is 1. The molecule has 208 valence electrons.